The van der Waals surface area contributed by atoms with E-state index in [9.17, 15) is 0 Å². The minimum atomic E-state index is 0.0509. The fourth-order valence-electron chi connectivity index (χ4n) is 2.54. The van der Waals surface area contributed by atoms with E-state index in [-0.39, 0.29) is 5.60 Å². The number of hydrogen-bond acceptors (Lipinski definition) is 3. The van der Waals surface area contributed by atoms with Gasteiger partial charge in [-0.3, -0.25) is 4.90 Å². The molecule has 102 valence electrons. The van der Waals surface area contributed by atoms with Crippen molar-refractivity contribution in [2.24, 2.45) is 0 Å². The molecule has 0 spiro atoms. The average molecular weight is 242 g/mol. The first-order valence-electron chi connectivity index (χ1n) is 7.13. The standard InChI is InChI=1S/C14H30N2O/c1-5-15-13(2)8-6-7-9-16-10-11-17-14(3,4)12-16/h13,15H,5-12H2,1-4H3. The Morgan fingerprint density at radius 1 is 1.35 bits per heavy atom. The molecule has 1 aliphatic rings. The third kappa shape index (κ3) is 6.39. The van der Waals surface area contributed by atoms with Crippen LogP contribution in [0.3, 0.4) is 0 Å². The van der Waals surface area contributed by atoms with E-state index < -0.39 is 0 Å². The van der Waals surface area contributed by atoms with Gasteiger partial charge in [0, 0.05) is 19.1 Å². The lowest BCUT2D eigenvalue weighted by atomic mass is 10.1. The van der Waals surface area contributed by atoms with Gasteiger partial charge in [0.15, 0.2) is 0 Å². The average Bonchev–Trinajstić information content (AvgIpc) is 2.23. The monoisotopic (exact) mass is 242 g/mol. The smallest absolute Gasteiger partial charge is 0.0753 e. The molecule has 17 heavy (non-hydrogen) atoms. The van der Waals surface area contributed by atoms with Crippen molar-refractivity contribution >= 4 is 0 Å². The molecule has 1 fully saturated rings. The molecule has 1 N–H and O–H groups in total. The van der Waals surface area contributed by atoms with E-state index in [1.807, 2.05) is 0 Å². The highest BCUT2D eigenvalue weighted by Crippen LogP contribution is 2.16. The van der Waals surface area contributed by atoms with Crippen molar-refractivity contribution in [1.29, 1.82) is 0 Å². The molecule has 1 unspecified atom stereocenters. The van der Waals surface area contributed by atoms with Crippen molar-refractivity contribution in [1.82, 2.24) is 10.2 Å². The van der Waals surface area contributed by atoms with E-state index >= 15 is 0 Å². The van der Waals surface area contributed by atoms with Gasteiger partial charge in [-0.25, -0.2) is 0 Å². The second-order valence-corrected chi connectivity index (χ2v) is 5.84. The summed E-state index contributed by atoms with van der Waals surface area (Å²) in [6.45, 7) is 14.2. The number of nitrogens with one attached hydrogen (secondary N) is 1. The summed E-state index contributed by atoms with van der Waals surface area (Å²) in [6.07, 6.45) is 3.93. The predicted molar refractivity (Wildman–Crippen MR) is 73.5 cm³/mol. The number of hydrogen-bond donors (Lipinski definition) is 1. The summed E-state index contributed by atoms with van der Waals surface area (Å²) in [5, 5.41) is 3.46. The van der Waals surface area contributed by atoms with Crippen LogP contribution in [0.25, 0.3) is 0 Å². The molecule has 0 aromatic rings. The van der Waals surface area contributed by atoms with Gasteiger partial charge in [-0.05, 0) is 46.7 Å². The molecule has 0 aromatic heterocycles. The molecule has 3 heteroatoms. The van der Waals surface area contributed by atoms with Crippen molar-refractivity contribution in [3.05, 3.63) is 0 Å². The quantitative estimate of drug-likeness (QED) is 0.693. The molecule has 1 atom stereocenters. The zero-order valence-corrected chi connectivity index (χ0v) is 12.1. The van der Waals surface area contributed by atoms with Crippen LogP contribution in [0.4, 0.5) is 0 Å². The van der Waals surface area contributed by atoms with Crippen LogP contribution in [-0.4, -0.2) is 49.3 Å². The van der Waals surface area contributed by atoms with Crippen LogP contribution < -0.4 is 5.32 Å². The Hall–Kier alpha value is -0.120. The summed E-state index contributed by atoms with van der Waals surface area (Å²) in [4.78, 5) is 2.54. The Bertz CT molecular complexity index is 206. The zero-order chi connectivity index (χ0) is 12.7. The predicted octanol–water partition coefficient (Wildman–Crippen LogP) is 2.27. The van der Waals surface area contributed by atoms with Crippen molar-refractivity contribution in [3.8, 4) is 0 Å². The van der Waals surface area contributed by atoms with Gasteiger partial charge in [0.05, 0.1) is 12.2 Å². The fourth-order valence-corrected chi connectivity index (χ4v) is 2.54. The van der Waals surface area contributed by atoms with Gasteiger partial charge in [0.25, 0.3) is 0 Å². The largest absolute Gasteiger partial charge is 0.373 e. The van der Waals surface area contributed by atoms with Crippen LogP contribution in [0.1, 0.15) is 47.0 Å². The highest BCUT2D eigenvalue weighted by Gasteiger charge is 2.26. The fraction of sp³-hybridized carbons (Fsp3) is 1.00. The molecule has 1 saturated heterocycles. The first kappa shape index (κ1) is 14.9. The van der Waals surface area contributed by atoms with Crippen molar-refractivity contribution in [3.63, 3.8) is 0 Å². The second-order valence-electron chi connectivity index (χ2n) is 5.84. The van der Waals surface area contributed by atoms with Gasteiger partial charge in [0.2, 0.25) is 0 Å². The van der Waals surface area contributed by atoms with Crippen LogP contribution in [0.15, 0.2) is 0 Å². The molecule has 1 rings (SSSR count). The van der Waals surface area contributed by atoms with Gasteiger partial charge in [-0.2, -0.15) is 0 Å². The van der Waals surface area contributed by atoms with Crippen LogP contribution >= 0.6 is 0 Å². The van der Waals surface area contributed by atoms with Crippen LogP contribution in [0, 0.1) is 0 Å². The maximum atomic E-state index is 5.72. The Morgan fingerprint density at radius 2 is 2.12 bits per heavy atom. The van der Waals surface area contributed by atoms with Gasteiger partial charge in [-0.1, -0.05) is 13.3 Å². The SMILES string of the molecule is CCNC(C)CCCCN1CCOC(C)(C)C1. The number of morpholine rings is 1. The maximum absolute atomic E-state index is 5.72. The molecular weight excluding hydrogens is 212 g/mol. The summed E-state index contributed by atoms with van der Waals surface area (Å²) >= 11 is 0. The van der Waals surface area contributed by atoms with E-state index in [4.69, 9.17) is 4.74 Å². The van der Waals surface area contributed by atoms with E-state index in [1.54, 1.807) is 0 Å². The highest BCUT2D eigenvalue weighted by atomic mass is 16.5. The van der Waals surface area contributed by atoms with Gasteiger partial charge < -0.3 is 10.1 Å². The Balaban J connectivity index is 2.06. The molecule has 0 bridgehead atoms. The first-order chi connectivity index (χ1) is 8.03. The highest BCUT2D eigenvalue weighted by molar-refractivity contribution is 4.78. The molecule has 3 nitrogen and oxygen atoms in total. The third-order valence-electron chi connectivity index (χ3n) is 3.42. The minimum absolute atomic E-state index is 0.0509. The summed E-state index contributed by atoms with van der Waals surface area (Å²) < 4.78 is 5.72. The number of rotatable bonds is 7. The van der Waals surface area contributed by atoms with Crippen LogP contribution in [0.5, 0.6) is 0 Å². The Labute approximate surface area is 107 Å². The lowest BCUT2D eigenvalue weighted by Gasteiger charge is -2.38. The maximum Gasteiger partial charge on any atom is 0.0753 e. The summed E-state index contributed by atoms with van der Waals surface area (Å²) in [5.74, 6) is 0. The molecule has 0 aliphatic carbocycles. The van der Waals surface area contributed by atoms with Gasteiger partial charge in [-0.15, -0.1) is 0 Å². The van der Waals surface area contributed by atoms with Crippen LogP contribution in [-0.2, 0) is 4.74 Å². The van der Waals surface area contributed by atoms with Crippen molar-refractivity contribution in [2.45, 2.75) is 58.6 Å². The lowest BCUT2D eigenvalue weighted by Crippen LogP contribution is -2.48. The number of nitrogens with zero attached hydrogens (tertiary/aromatic N) is 1. The van der Waals surface area contributed by atoms with E-state index in [2.05, 4.69) is 37.9 Å². The molecule has 0 saturated carbocycles. The summed E-state index contributed by atoms with van der Waals surface area (Å²) in [5.41, 5.74) is 0.0509. The minimum Gasteiger partial charge on any atom is -0.373 e. The van der Waals surface area contributed by atoms with Crippen LogP contribution in [0.2, 0.25) is 0 Å². The molecule has 0 amide bonds. The summed E-state index contributed by atoms with van der Waals surface area (Å²) in [7, 11) is 0. The van der Waals surface area contributed by atoms with E-state index in [0.717, 1.165) is 26.2 Å². The number of ether oxygens (including phenoxy) is 1. The first-order valence-corrected chi connectivity index (χ1v) is 7.13. The topological polar surface area (TPSA) is 24.5 Å². The molecule has 0 aromatic carbocycles. The van der Waals surface area contributed by atoms with Crippen molar-refractivity contribution in [2.75, 3.05) is 32.8 Å². The molecule has 1 aliphatic heterocycles. The summed E-state index contributed by atoms with van der Waals surface area (Å²) in [6, 6.07) is 0.668. The normalized spacial score (nSPS) is 22.6. The zero-order valence-electron chi connectivity index (χ0n) is 12.1. The number of unbranched alkanes of at least 4 members (excludes halogenated alkanes) is 1. The van der Waals surface area contributed by atoms with Gasteiger partial charge >= 0.3 is 0 Å². The van der Waals surface area contributed by atoms with E-state index in [1.165, 1.54) is 25.8 Å². The Morgan fingerprint density at radius 3 is 2.76 bits per heavy atom. The third-order valence-corrected chi connectivity index (χ3v) is 3.42. The second kappa shape index (κ2) is 7.34. The molecule has 0 radical (unpaired) electrons. The molecular formula is C14H30N2O. The Kier molecular flexibility index (Phi) is 6.45. The van der Waals surface area contributed by atoms with Gasteiger partial charge in [0.1, 0.15) is 0 Å². The van der Waals surface area contributed by atoms with Crippen molar-refractivity contribution < 1.29 is 4.74 Å². The molecule has 1 heterocycles. The lowest BCUT2D eigenvalue weighted by molar-refractivity contribution is -0.0861. The van der Waals surface area contributed by atoms with E-state index in [0.29, 0.717) is 6.04 Å².